The summed E-state index contributed by atoms with van der Waals surface area (Å²) in [6.45, 7) is 0. The van der Waals surface area contributed by atoms with E-state index in [0.717, 1.165) is 29.1 Å². The topological polar surface area (TPSA) is 37.3 Å². The molecule has 0 saturated heterocycles. The third kappa shape index (κ3) is 9.35. The normalized spacial score (nSPS) is 19.0. The van der Waals surface area contributed by atoms with Crippen LogP contribution in [0.2, 0.25) is 0 Å². The summed E-state index contributed by atoms with van der Waals surface area (Å²) in [6, 6.07) is 18.2. The number of thioether (sulfide) groups is 2. The minimum absolute atomic E-state index is 0.00811. The molecular formula is C22H28O2S2. The van der Waals surface area contributed by atoms with E-state index in [2.05, 4.69) is 0 Å². The molecule has 0 radical (unpaired) electrons. The zero-order valence-electron chi connectivity index (χ0n) is 19.6. The summed E-state index contributed by atoms with van der Waals surface area (Å²) >= 11 is 1.94. The maximum absolute atomic E-state index is 10.8. The maximum atomic E-state index is 10.8. The van der Waals surface area contributed by atoms with Gasteiger partial charge in [-0.05, 0) is 36.1 Å². The molecule has 0 heterocycles. The average Bonchev–Trinajstić information content (AvgIpc) is 2.71. The molecule has 140 valence electrons. The summed E-state index contributed by atoms with van der Waals surface area (Å²) < 4.78 is 42.7. The fourth-order valence-corrected chi connectivity index (χ4v) is 3.84. The van der Waals surface area contributed by atoms with Gasteiger partial charge in [0.1, 0.15) is 0 Å². The number of carboxylic acids is 1. The van der Waals surface area contributed by atoms with Crippen LogP contribution in [0.3, 0.4) is 0 Å². The molecule has 0 aliphatic heterocycles. The van der Waals surface area contributed by atoms with E-state index in [1.807, 2.05) is 48.5 Å². The van der Waals surface area contributed by atoms with Crippen LogP contribution in [0.5, 0.6) is 0 Å². The fourth-order valence-electron chi connectivity index (χ4n) is 2.23. The quantitative estimate of drug-likeness (QED) is 0.408. The van der Waals surface area contributed by atoms with Crippen LogP contribution >= 0.6 is 23.5 Å². The van der Waals surface area contributed by atoms with Crippen LogP contribution in [-0.4, -0.2) is 22.0 Å². The number of carboxylic acid groups (broad SMARTS) is 1. The first kappa shape index (κ1) is 14.6. The number of unbranched alkanes of at least 4 members (excludes halogenated alkanes) is 1. The van der Waals surface area contributed by atoms with Gasteiger partial charge in [0, 0.05) is 30.0 Å². The number of rotatable bonds is 13. The highest BCUT2D eigenvalue weighted by Gasteiger charge is 2.10. The molecule has 0 fully saturated rings. The highest BCUT2D eigenvalue weighted by molar-refractivity contribution is 7.99. The molecule has 0 aliphatic carbocycles. The zero-order valence-corrected chi connectivity index (χ0v) is 16.3. The van der Waals surface area contributed by atoms with Gasteiger partial charge in [0.25, 0.3) is 0 Å². The van der Waals surface area contributed by atoms with E-state index in [-0.39, 0.29) is 19.3 Å². The first-order chi connectivity index (χ1) is 14.6. The Morgan fingerprint density at radius 2 is 1.58 bits per heavy atom. The Kier molecular flexibility index (Phi) is 7.25. The smallest absolute Gasteiger partial charge is 0.303 e. The van der Waals surface area contributed by atoms with Crippen LogP contribution in [0.25, 0.3) is 0 Å². The van der Waals surface area contributed by atoms with Crippen molar-refractivity contribution in [2.45, 2.75) is 48.8 Å². The Hall–Kier alpha value is -1.39. The van der Waals surface area contributed by atoms with E-state index in [9.17, 15) is 4.79 Å². The largest absolute Gasteiger partial charge is 0.481 e. The molecule has 2 aromatic rings. The number of hydrogen-bond donors (Lipinski definition) is 1. The molecule has 3 atom stereocenters. The number of hydrogen-bond acceptors (Lipinski definition) is 3. The molecule has 3 unspecified atom stereocenters. The third-order valence-electron chi connectivity index (χ3n) is 3.60. The van der Waals surface area contributed by atoms with Gasteiger partial charge in [0.15, 0.2) is 0 Å². The highest BCUT2D eigenvalue weighted by atomic mass is 32.2. The molecule has 2 rings (SSSR count). The predicted molar refractivity (Wildman–Crippen MR) is 115 cm³/mol. The van der Waals surface area contributed by atoms with Gasteiger partial charge >= 0.3 is 5.97 Å². The van der Waals surface area contributed by atoms with Gasteiger partial charge in [-0.25, -0.2) is 0 Å². The molecule has 26 heavy (non-hydrogen) atoms. The first-order valence-electron chi connectivity index (χ1n) is 11.3. The minimum Gasteiger partial charge on any atom is -0.481 e. The molecule has 0 aromatic heterocycles. The SMILES string of the molecule is [2H]C(SC([2H])([2H])CC([2H])(CCCCC(=O)O)SC([2H])c1ccccc1)c1ccccc1. The number of benzene rings is 2. The molecule has 2 nitrogen and oxygen atoms in total. The fraction of sp³-hybridized carbons (Fsp3) is 0.409. The van der Waals surface area contributed by atoms with Crippen LogP contribution in [-0.2, 0) is 16.3 Å². The standard InChI is InChI=1S/C22H28O2S2/c23-22(24)14-8-7-13-21(26-18-20-11-5-2-6-12-20)15-16-25-17-19-9-3-1-4-10-19/h1-6,9-12,21H,7-8,13-18H2,(H,23,24)/i16D2,17D,18D,21D. The minimum atomic E-state index is -1.85. The number of aliphatic carboxylic acids is 1. The van der Waals surface area contributed by atoms with Crippen molar-refractivity contribution in [1.29, 1.82) is 0 Å². The lowest BCUT2D eigenvalue weighted by atomic mass is 10.1. The van der Waals surface area contributed by atoms with Crippen molar-refractivity contribution in [3.8, 4) is 0 Å². The van der Waals surface area contributed by atoms with E-state index in [1.165, 1.54) is 0 Å². The van der Waals surface area contributed by atoms with Gasteiger partial charge in [-0.2, -0.15) is 23.5 Å². The molecule has 0 bridgehead atoms. The molecular weight excluding hydrogens is 360 g/mol. The van der Waals surface area contributed by atoms with Gasteiger partial charge < -0.3 is 5.11 Å². The molecule has 0 spiro atoms. The lowest BCUT2D eigenvalue weighted by molar-refractivity contribution is -0.137. The van der Waals surface area contributed by atoms with Gasteiger partial charge in [-0.15, -0.1) is 0 Å². The first-order valence-corrected chi connectivity index (χ1v) is 10.4. The van der Waals surface area contributed by atoms with E-state index >= 15 is 0 Å². The van der Waals surface area contributed by atoms with Gasteiger partial charge in [-0.1, -0.05) is 67.1 Å². The Labute approximate surface area is 172 Å². The van der Waals surface area contributed by atoms with Crippen molar-refractivity contribution in [3.63, 3.8) is 0 Å². The lowest BCUT2D eigenvalue weighted by Crippen LogP contribution is -2.06. The third-order valence-corrected chi connectivity index (χ3v) is 5.38. The van der Waals surface area contributed by atoms with E-state index in [4.69, 9.17) is 12.0 Å². The second-order valence-corrected chi connectivity index (χ2v) is 7.56. The lowest BCUT2D eigenvalue weighted by Gasteiger charge is -2.16. The van der Waals surface area contributed by atoms with Crippen LogP contribution < -0.4 is 0 Å². The molecule has 0 aliphatic rings. The van der Waals surface area contributed by atoms with Gasteiger partial charge in [0.05, 0.1) is 0 Å². The summed E-state index contributed by atoms with van der Waals surface area (Å²) in [5.74, 6) is -0.892. The van der Waals surface area contributed by atoms with Crippen molar-refractivity contribution < 1.29 is 16.8 Å². The Balaban J connectivity index is 2.10. The number of carbonyl (C=O) groups is 1. The van der Waals surface area contributed by atoms with Crippen molar-refractivity contribution in [2.24, 2.45) is 0 Å². The average molecular weight is 394 g/mol. The van der Waals surface area contributed by atoms with Crippen molar-refractivity contribution in [1.82, 2.24) is 0 Å². The summed E-state index contributed by atoms with van der Waals surface area (Å²) in [4.78, 5) is 10.8. The van der Waals surface area contributed by atoms with Gasteiger partial charge in [-0.3, -0.25) is 4.79 Å². The van der Waals surface area contributed by atoms with E-state index < -0.39 is 28.4 Å². The predicted octanol–water partition coefficient (Wildman–Crippen LogP) is 6.26. The Morgan fingerprint density at radius 3 is 2.19 bits per heavy atom. The summed E-state index contributed by atoms with van der Waals surface area (Å²) in [7, 11) is 0. The van der Waals surface area contributed by atoms with Crippen LogP contribution in [0.15, 0.2) is 60.7 Å². The summed E-state index contributed by atoms with van der Waals surface area (Å²) in [5.41, 5.74) is -1.98. The monoisotopic (exact) mass is 393 g/mol. The summed E-state index contributed by atoms with van der Waals surface area (Å²) in [5, 5.41) is 7.55. The molecule has 2 aromatic carbocycles. The van der Waals surface area contributed by atoms with Crippen molar-refractivity contribution >= 4 is 29.5 Å². The molecule has 0 saturated carbocycles. The highest BCUT2D eigenvalue weighted by Crippen LogP contribution is 2.27. The van der Waals surface area contributed by atoms with Crippen LogP contribution in [0.4, 0.5) is 0 Å². The second-order valence-electron chi connectivity index (χ2n) is 5.75. The Bertz CT molecular complexity index is 810. The molecule has 1 N–H and O–H groups in total. The molecule has 4 heteroatoms. The van der Waals surface area contributed by atoms with Crippen LogP contribution in [0, 0.1) is 0 Å². The van der Waals surface area contributed by atoms with E-state index in [0.29, 0.717) is 18.4 Å². The molecule has 0 amide bonds. The van der Waals surface area contributed by atoms with Gasteiger partial charge in [0.2, 0.25) is 0 Å². The van der Waals surface area contributed by atoms with E-state index in [1.54, 1.807) is 12.1 Å². The zero-order chi connectivity index (χ0) is 22.9. The summed E-state index contributed by atoms with van der Waals surface area (Å²) in [6.07, 6.45) is 1.00. The van der Waals surface area contributed by atoms with Crippen molar-refractivity contribution in [3.05, 3.63) is 71.8 Å². The van der Waals surface area contributed by atoms with Crippen molar-refractivity contribution in [2.75, 3.05) is 5.70 Å². The Morgan fingerprint density at radius 1 is 0.962 bits per heavy atom. The van der Waals surface area contributed by atoms with Crippen LogP contribution in [0.1, 0.15) is 50.1 Å². The second kappa shape index (κ2) is 12.9. The maximum Gasteiger partial charge on any atom is 0.303 e.